The fourth-order valence-electron chi connectivity index (χ4n) is 1.22. The molecule has 8 heteroatoms. The van der Waals surface area contributed by atoms with Crippen molar-refractivity contribution in [2.75, 3.05) is 6.61 Å². The van der Waals surface area contributed by atoms with E-state index in [-0.39, 0.29) is 12.4 Å². The van der Waals surface area contributed by atoms with Crippen molar-refractivity contribution < 1.29 is 9.66 Å². The molecule has 1 heterocycles. The number of H-pyrrole nitrogens is 1. The van der Waals surface area contributed by atoms with Crippen molar-refractivity contribution in [2.45, 2.75) is 20.6 Å². The summed E-state index contributed by atoms with van der Waals surface area (Å²) < 4.78 is 5.98. The summed E-state index contributed by atoms with van der Waals surface area (Å²) in [6.07, 6.45) is 0. The van der Waals surface area contributed by atoms with Crippen LogP contribution in [0.5, 0.6) is 0 Å². The average molecular weight is 229 g/mol. The molecule has 0 fully saturated rings. The highest BCUT2D eigenvalue weighted by molar-refractivity contribution is 5.31. The van der Waals surface area contributed by atoms with E-state index in [4.69, 9.17) is 4.74 Å². The maximum absolute atomic E-state index is 11.3. The molecule has 0 saturated heterocycles. The molecule has 8 nitrogen and oxygen atoms in total. The highest BCUT2D eigenvalue weighted by atomic mass is 16.6. The average Bonchev–Trinajstić information content (AvgIpc) is 2.16. The highest BCUT2D eigenvalue weighted by Crippen LogP contribution is 2.08. The van der Waals surface area contributed by atoms with Gasteiger partial charge >= 0.3 is 16.9 Å². The number of hydrogen-bond acceptors (Lipinski definition) is 5. The Bertz CT molecular complexity index is 515. The number of hydrogen-bond donors (Lipinski definition) is 1. The lowest BCUT2D eigenvalue weighted by Gasteiger charge is -2.08. The van der Waals surface area contributed by atoms with Crippen molar-refractivity contribution >= 4 is 5.69 Å². The van der Waals surface area contributed by atoms with Gasteiger partial charge in [0, 0.05) is 6.61 Å². The van der Waals surface area contributed by atoms with Gasteiger partial charge in [-0.3, -0.25) is 24.5 Å². The van der Waals surface area contributed by atoms with E-state index in [1.807, 2.05) is 4.98 Å². The SMILES string of the molecule is CCOCn1c(C)c([N+](=O)[O-])c(=O)[nH]c1=O. The van der Waals surface area contributed by atoms with E-state index >= 15 is 0 Å². The molecule has 1 rings (SSSR count). The number of ether oxygens (including phenoxy) is 1. The van der Waals surface area contributed by atoms with Gasteiger partial charge in [-0.1, -0.05) is 0 Å². The molecule has 0 aliphatic carbocycles. The molecule has 0 spiro atoms. The van der Waals surface area contributed by atoms with Gasteiger partial charge in [-0.2, -0.15) is 0 Å². The van der Waals surface area contributed by atoms with E-state index in [0.29, 0.717) is 6.61 Å². The number of nitrogens with zero attached hydrogens (tertiary/aromatic N) is 2. The van der Waals surface area contributed by atoms with E-state index in [9.17, 15) is 19.7 Å². The number of rotatable bonds is 4. The first-order valence-electron chi connectivity index (χ1n) is 4.54. The standard InChI is InChI=1S/C8H11N3O5/c1-3-16-4-10-5(2)6(11(14)15)7(12)9-8(10)13/h3-4H2,1-2H3,(H,9,12,13). The Labute approximate surface area is 89.6 Å². The second kappa shape index (κ2) is 4.71. The molecule has 1 aromatic heterocycles. The molecule has 0 unspecified atom stereocenters. The number of nitrogens with one attached hydrogen (secondary N) is 1. The van der Waals surface area contributed by atoms with Crippen LogP contribution in [0.1, 0.15) is 12.6 Å². The van der Waals surface area contributed by atoms with Crippen LogP contribution in [-0.2, 0) is 11.5 Å². The number of aromatic nitrogens is 2. The first-order valence-corrected chi connectivity index (χ1v) is 4.54. The summed E-state index contributed by atoms with van der Waals surface area (Å²) in [5.41, 5.74) is -2.38. The van der Waals surface area contributed by atoms with E-state index in [0.717, 1.165) is 4.57 Å². The predicted octanol–water partition coefficient (Wildman–Crippen LogP) is -0.253. The van der Waals surface area contributed by atoms with Gasteiger partial charge in [-0.05, 0) is 13.8 Å². The van der Waals surface area contributed by atoms with Gasteiger partial charge in [0.1, 0.15) is 12.4 Å². The summed E-state index contributed by atoms with van der Waals surface area (Å²) in [6.45, 7) is 3.28. The van der Waals surface area contributed by atoms with Crippen LogP contribution in [0.25, 0.3) is 0 Å². The van der Waals surface area contributed by atoms with Gasteiger partial charge in [0.25, 0.3) is 0 Å². The van der Waals surface area contributed by atoms with E-state index in [2.05, 4.69) is 0 Å². The Balaban J connectivity index is 3.39. The van der Waals surface area contributed by atoms with Gasteiger partial charge in [0.2, 0.25) is 0 Å². The van der Waals surface area contributed by atoms with Crippen molar-refractivity contribution in [3.8, 4) is 0 Å². The molecule has 1 aromatic rings. The minimum absolute atomic E-state index is 0.0211. The topological polar surface area (TPSA) is 107 Å². The Morgan fingerprint density at radius 3 is 2.62 bits per heavy atom. The fourth-order valence-corrected chi connectivity index (χ4v) is 1.22. The van der Waals surface area contributed by atoms with Crippen LogP contribution >= 0.6 is 0 Å². The monoisotopic (exact) mass is 229 g/mol. The molecule has 0 radical (unpaired) electrons. The molecule has 0 aromatic carbocycles. The zero-order valence-corrected chi connectivity index (χ0v) is 8.85. The van der Waals surface area contributed by atoms with Crippen LogP contribution < -0.4 is 11.2 Å². The summed E-state index contributed by atoms with van der Waals surface area (Å²) in [4.78, 5) is 34.2. The van der Waals surface area contributed by atoms with Gasteiger partial charge in [-0.25, -0.2) is 4.79 Å². The van der Waals surface area contributed by atoms with Crippen LogP contribution in [0.15, 0.2) is 9.59 Å². The fraction of sp³-hybridized carbons (Fsp3) is 0.500. The molecule has 0 atom stereocenters. The molecule has 16 heavy (non-hydrogen) atoms. The van der Waals surface area contributed by atoms with Crippen molar-refractivity contribution in [2.24, 2.45) is 0 Å². The van der Waals surface area contributed by atoms with Crippen LogP contribution in [0, 0.1) is 17.0 Å². The van der Waals surface area contributed by atoms with Crippen LogP contribution in [0.4, 0.5) is 5.69 Å². The van der Waals surface area contributed by atoms with Gasteiger partial charge in [-0.15, -0.1) is 0 Å². The maximum Gasteiger partial charge on any atom is 0.353 e. The zero-order chi connectivity index (χ0) is 12.3. The van der Waals surface area contributed by atoms with Gasteiger partial charge in [0.05, 0.1) is 4.92 Å². The predicted molar refractivity (Wildman–Crippen MR) is 54.3 cm³/mol. The largest absolute Gasteiger partial charge is 0.361 e. The lowest BCUT2D eigenvalue weighted by molar-refractivity contribution is -0.387. The normalized spacial score (nSPS) is 10.4. The molecule has 0 aliphatic heterocycles. The minimum Gasteiger partial charge on any atom is -0.361 e. The minimum atomic E-state index is -1.000. The summed E-state index contributed by atoms with van der Waals surface area (Å²) >= 11 is 0. The third-order valence-corrected chi connectivity index (χ3v) is 2.04. The smallest absolute Gasteiger partial charge is 0.353 e. The van der Waals surface area contributed by atoms with Crippen LogP contribution in [-0.4, -0.2) is 21.1 Å². The Kier molecular flexibility index (Phi) is 3.56. The highest BCUT2D eigenvalue weighted by Gasteiger charge is 2.20. The summed E-state index contributed by atoms with van der Waals surface area (Å²) in [5, 5.41) is 10.6. The van der Waals surface area contributed by atoms with E-state index in [1.165, 1.54) is 6.92 Å². The summed E-state index contributed by atoms with van der Waals surface area (Å²) in [7, 11) is 0. The molecule has 0 saturated carbocycles. The molecular weight excluding hydrogens is 218 g/mol. The zero-order valence-electron chi connectivity index (χ0n) is 8.85. The van der Waals surface area contributed by atoms with Crippen molar-refractivity contribution in [3.05, 3.63) is 36.6 Å². The number of aromatic amines is 1. The Hall–Kier alpha value is -1.96. The first-order chi connectivity index (χ1) is 7.49. The van der Waals surface area contributed by atoms with Crippen molar-refractivity contribution in [1.82, 2.24) is 9.55 Å². The van der Waals surface area contributed by atoms with Gasteiger partial charge < -0.3 is 4.74 Å². The van der Waals surface area contributed by atoms with E-state index < -0.39 is 21.9 Å². The van der Waals surface area contributed by atoms with Crippen LogP contribution in [0.2, 0.25) is 0 Å². The van der Waals surface area contributed by atoms with Crippen molar-refractivity contribution in [3.63, 3.8) is 0 Å². The molecule has 1 N–H and O–H groups in total. The van der Waals surface area contributed by atoms with E-state index in [1.54, 1.807) is 6.92 Å². The third-order valence-electron chi connectivity index (χ3n) is 2.04. The van der Waals surface area contributed by atoms with Crippen molar-refractivity contribution in [1.29, 1.82) is 0 Å². The Morgan fingerprint density at radius 1 is 1.50 bits per heavy atom. The second-order valence-corrected chi connectivity index (χ2v) is 3.00. The summed E-state index contributed by atoms with van der Waals surface area (Å²) in [5.74, 6) is 0. The lowest BCUT2D eigenvalue weighted by atomic mass is 10.3. The summed E-state index contributed by atoms with van der Waals surface area (Å²) in [6, 6.07) is 0. The molecule has 88 valence electrons. The third kappa shape index (κ3) is 2.16. The molecule has 0 aliphatic rings. The lowest BCUT2D eigenvalue weighted by Crippen LogP contribution is -2.34. The quantitative estimate of drug-likeness (QED) is 0.565. The first kappa shape index (κ1) is 12.1. The number of nitro groups is 1. The van der Waals surface area contributed by atoms with Gasteiger partial charge in [0.15, 0.2) is 0 Å². The molecule has 0 amide bonds. The van der Waals surface area contributed by atoms with Crippen LogP contribution in [0.3, 0.4) is 0 Å². The maximum atomic E-state index is 11.3. The second-order valence-electron chi connectivity index (χ2n) is 3.00. The Morgan fingerprint density at radius 2 is 2.12 bits per heavy atom. The molecule has 0 bridgehead atoms. The molecular formula is C8H11N3O5.